The van der Waals surface area contributed by atoms with Gasteiger partial charge in [-0.25, -0.2) is 8.78 Å². The van der Waals surface area contributed by atoms with Crippen LogP contribution < -0.4 is 14.7 Å². The lowest BCUT2D eigenvalue weighted by molar-refractivity contribution is 0.538. The lowest BCUT2D eigenvalue weighted by Crippen LogP contribution is -2.43. The third-order valence-corrected chi connectivity index (χ3v) is 13.5. The SMILES string of the molecule is CC12C=CC(N(c3ccc(F)cc3)c3ccc(-c4ccc(N(c5ccc(F)cc5)c5ccc6c(c5)c5ccccc5n6-c5ccccc5)cc4)cc3)=CC1c1ccccc1N2c1ccccc1. The highest BCUT2D eigenvalue weighted by atomic mass is 19.1. The number of halogens is 2. The lowest BCUT2D eigenvalue weighted by Gasteiger charge is -2.41. The molecule has 2 unspecified atom stereocenters. The third-order valence-electron chi connectivity index (χ3n) is 13.5. The van der Waals surface area contributed by atoms with Crippen molar-refractivity contribution in [2.75, 3.05) is 14.7 Å². The summed E-state index contributed by atoms with van der Waals surface area (Å²) in [5.41, 5.74) is 14.3. The Labute approximate surface area is 388 Å². The van der Waals surface area contributed by atoms with Crippen LogP contribution in [0.2, 0.25) is 0 Å². The van der Waals surface area contributed by atoms with Crippen molar-refractivity contribution >= 4 is 61.6 Å². The molecule has 12 rings (SSSR count). The Morgan fingerprint density at radius 1 is 0.448 bits per heavy atom. The molecule has 10 aromatic rings. The molecule has 0 bridgehead atoms. The fraction of sp³-hybridized carbons (Fsp3) is 0.0492. The maximum atomic E-state index is 14.4. The topological polar surface area (TPSA) is 14.7 Å². The minimum absolute atomic E-state index is 0.0655. The van der Waals surface area contributed by atoms with Gasteiger partial charge in [0.25, 0.3) is 0 Å². The molecule has 1 aromatic heterocycles. The van der Waals surface area contributed by atoms with E-state index in [2.05, 4.69) is 214 Å². The molecule has 1 aliphatic heterocycles. The summed E-state index contributed by atoms with van der Waals surface area (Å²) in [6.07, 6.45) is 6.90. The van der Waals surface area contributed by atoms with Gasteiger partial charge in [-0.15, -0.1) is 0 Å². The molecule has 2 heterocycles. The van der Waals surface area contributed by atoms with Crippen molar-refractivity contribution < 1.29 is 8.78 Å². The molecule has 1 aliphatic carbocycles. The van der Waals surface area contributed by atoms with E-state index in [1.807, 2.05) is 30.3 Å². The molecule has 4 nitrogen and oxygen atoms in total. The van der Waals surface area contributed by atoms with Crippen molar-refractivity contribution in [2.45, 2.75) is 18.4 Å². The second-order valence-corrected chi connectivity index (χ2v) is 17.5. The summed E-state index contributed by atoms with van der Waals surface area (Å²) in [4.78, 5) is 6.84. The molecule has 0 fully saturated rings. The monoisotopic (exact) mass is 870 g/mol. The molecular weight excluding hydrogens is 827 g/mol. The number of anilines is 7. The van der Waals surface area contributed by atoms with Crippen LogP contribution >= 0.6 is 0 Å². The van der Waals surface area contributed by atoms with E-state index in [1.54, 1.807) is 0 Å². The Kier molecular flexibility index (Phi) is 9.68. The van der Waals surface area contributed by atoms with E-state index in [-0.39, 0.29) is 23.1 Å². The number of hydrogen-bond acceptors (Lipinski definition) is 3. The molecule has 0 amide bonds. The Bertz CT molecular complexity index is 3490. The van der Waals surface area contributed by atoms with Crippen molar-refractivity contribution in [2.24, 2.45) is 0 Å². The van der Waals surface area contributed by atoms with Crippen LogP contribution in [0.15, 0.2) is 248 Å². The zero-order chi connectivity index (χ0) is 45.1. The van der Waals surface area contributed by atoms with Gasteiger partial charge in [0.2, 0.25) is 0 Å². The van der Waals surface area contributed by atoms with Gasteiger partial charge in [-0.2, -0.15) is 0 Å². The number of para-hydroxylation sites is 4. The van der Waals surface area contributed by atoms with E-state index in [0.717, 1.165) is 78.4 Å². The van der Waals surface area contributed by atoms with Crippen molar-refractivity contribution in [1.29, 1.82) is 0 Å². The van der Waals surface area contributed by atoms with Gasteiger partial charge in [0.15, 0.2) is 0 Å². The predicted octanol–water partition coefficient (Wildman–Crippen LogP) is 16.5. The molecule has 0 saturated carbocycles. The minimum Gasteiger partial charge on any atom is -0.331 e. The number of rotatable bonds is 9. The van der Waals surface area contributed by atoms with Gasteiger partial charge in [0, 0.05) is 67.9 Å². The number of allylic oxidation sites excluding steroid dienone is 1. The summed E-state index contributed by atoms with van der Waals surface area (Å²) in [5.74, 6) is -0.494. The first-order valence-electron chi connectivity index (χ1n) is 22.7. The molecule has 9 aromatic carbocycles. The number of fused-ring (bicyclic) bond motifs is 6. The van der Waals surface area contributed by atoms with E-state index in [1.165, 1.54) is 35.5 Å². The van der Waals surface area contributed by atoms with Crippen molar-refractivity contribution in [3.05, 3.63) is 266 Å². The van der Waals surface area contributed by atoms with Crippen LogP contribution in [0.1, 0.15) is 18.4 Å². The van der Waals surface area contributed by atoms with Crippen LogP contribution in [0.25, 0.3) is 38.6 Å². The van der Waals surface area contributed by atoms with Crippen molar-refractivity contribution in [3.63, 3.8) is 0 Å². The van der Waals surface area contributed by atoms with Gasteiger partial charge in [-0.05, 0) is 157 Å². The summed E-state index contributed by atoms with van der Waals surface area (Å²) in [7, 11) is 0. The molecule has 322 valence electrons. The predicted molar refractivity (Wildman–Crippen MR) is 273 cm³/mol. The highest BCUT2D eigenvalue weighted by Crippen LogP contribution is 2.55. The fourth-order valence-electron chi connectivity index (χ4n) is 10.4. The van der Waals surface area contributed by atoms with E-state index < -0.39 is 0 Å². The zero-order valence-corrected chi connectivity index (χ0v) is 36.7. The number of benzene rings is 9. The summed E-state index contributed by atoms with van der Waals surface area (Å²) in [6, 6.07) is 75.3. The Morgan fingerprint density at radius 3 is 1.57 bits per heavy atom. The van der Waals surface area contributed by atoms with Crippen molar-refractivity contribution in [3.8, 4) is 16.8 Å². The third kappa shape index (κ3) is 6.88. The molecule has 2 atom stereocenters. The maximum Gasteiger partial charge on any atom is 0.123 e. The van der Waals surface area contributed by atoms with Gasteiger partial charge < -0.3 is 19.3 Å². The van der Waals surface area contributed by atoms with Crippen LogP contribution in [0, 0.1) is 11.6 Å². The second kappa shape index (κ2) is 16.2. The molecule has 0 N–H and O–H groups in total. The Balaban J connectivity index is 0.891. The van der Waals surface area contributed by atoms with E-state index in [9.17, 15) is 8.78 Å². The second-order valence-electron chi connectivity index (χ2n) is 17.5. The number of nitrogens with zero attached hydrogens (tertiary/aromatic N) is 4. The van der Waals surface area contributed by atoms with Gasteiger partial charge in [-0.3, -0.25) is 0 Å². The Hall–Kier alpha value is -8.48. The first kappa shape index (κ1) is 40.1. The molecule has 6 heteroatoms. The fourth-order valence-corrected chi connectivity index (χ4v) is 10.4. The smallest absolute Gasteiger partial charge is 0.123 e. The van der Waals surface area contributed by atoms with Gasteiger partial charge in [0.05, 0.1) is 16.6 Å². The van der Waals surface area contributed by atoms with E-state index >= 15 is 0 Å². The van der Waals surface area contributed by atoms with Crippen LogP contribution in [0.5, 0.6) is 0 Å². The molecule has 0 spiro atoms. The van der Waals surface area contributed by atoms with E-state index in [4.69, 9.17) is 0 Å². The highest BCUT2D eigenvalue weighted by Gasteiger charge is 2.48. The van der Waals surface area contributed by atoms with Crippen LogP contribution in [-0.4, -0.2) is 10.1 Å². The van der Waals surface area contributed by atoms with Crippen molar-refractivity contribution in [1.82, 2.24) is 4.57 Å². The summed E-state index contributed by atoms with van der Waals surface area (Å²) < 4.78 is 31.1. The molecule has 2 aliphatic rings. The van der Waals surface area contributed by atoms with Gasteiger partial charge in [-0.1, -0.05) is 109 Å². The van der Waals surface area contributed by atoms with Gasteiger partial charge in [0.1, 0.15) is 11.6 Å². The zero-order valence-electron chi connectivity index (χ0n) is 36.7. The number of aromatic nitrogens is 1. The highest BCUT2D eigenvalue weighted by molar-refractivity contribution is 6.10. The largest absolute Gasteiger partial charge is 0.331 e. The maximum absolute atomic E-state index is 14.4. The van der Waals surface area contributed by atoms with E-state index in [0.29, 0.717) is 0 Å². The number of hydrogen-bond donors (Lipinski definition) is 0. The normalized spacial score (nSPS) is 16.2. The molecule has 0 saturated heterocycles. The lowest BCUT2D eigenvalue weighted by atomic mass is 9.79. The van der Waals surface area contributed by atoms with Gasteiger partial charge >= 0.3 is 0 Å². The standard InChI is InChI=1S/C61H44F2N4/c1-61-39-38-53(41-57(61)55-17-9-11-19-60(55)67(61)51-14-6-3-7-15-51)65(50-34-26-45(63)27-35-50)48-30-22-43(23-31-48)42-20-28-47(29-21-42)64(49-32-24-44(62)25-33-49)52-36-37-59-56(40-52)54-16-8-10-18-58(54)66(59)46-12-4-2-5-13-46/h2-41,57H,1H3. The van der Waals surface area contributed by atoms with Crippen LogP contribution in [0.3, 0.4) is 0 Å². The molecule has 0 radical (unpaired) electrons. The summed E-state index contributed by atoms with van der Waals surface area (Å²) in [6.45, 7) is 2.31. The molecule has 67 heavy (non-hydrogen) atoms. The minimum atomic E-state index is -0.332. The molecular formula is C61H44F2N4. The van der Waals surface area contributed by atoms with Crippen LogP contribution in [0.4, 0.5) is 48.6 Å². The summed E-state index contributed by atoms with van der Waals surface area (Å²) >= 11 is 0. The van der Waals surface area contributed by atoms with Crippen LogP contribution in [-0.2, 0) is 0 Å². The average molecular weight is 871 g/mol. The summed E-state index contributed by atoms with van der Waals surface area (Å²) in [5, 5.41) is 2.29. The quantitative estimate of drug-likeness (QED) is 0.144. The first-order chi connectivity index (χ1) is 32.9. The Morgan fingerprint density at radius 2 is 0.940 bits per heavy atom. The first-order valence-corrected chi connectivity index (χ1v) is 22.7. The average Bonchev–Trinajstić information content (AvgIpc) is 3.85.